The summed E-state index contributed by atoms with van der Waals surface area (Å²) in [6.07, 6.45) is -16.4. The molecule has 42 heavy (non-hydrogen) atoms. The fourth-order valence-corrected chi connectivity index (χ4v) is 5.18. The average Bonchev–Trinajstić information content (AvgIpc) is 3.01. The number of carbonyl (C=O) groups is 3. The van der Waals surface area contributed by atoms with Crippen LogP contribution in [0.25, 0.3) is 0 Å². The van der Waals surface area contributed by atoms with Crippen molar-refractivity contribution in [2.24, 2.45) is 22.6 Å². The lowest BCUT2D eigenvalue weighted by Crippen LogP contribution is -2.52. The van der Waals surface area contributed by atoms with Gasteiger partial charge in [0, 0.05) is 40.8 Å². The fraction of sp³-hybridized carbons (Fsp3) is 0.407. The summed E-state index contributed by atoms with van der Waals surface area (Å²) in [5, 5.41) is 2.61. The normalized spacial score (nSPS) is 18.3. The summed E-state index contributed by atoms with van der Waals surface area (Å²) in [4.78, 5) is 45.0. The third-order valence-electron chi connectivity index (χ3n) is 6.90. The highest BCUT2D eigenvalue weighted by molar-refractivity contribution is 6.31. The first-order valence-electron chi connectivity index (χ1n) is 12.8. The van der Waals surface area contributed by atoms with Crippen LogP contribution in [0.15, 0.2) is 47.5 Å². The molecule has 15 heteroatoms. The first-order chi connectivity index (χ1) is 19.6. The average molecular weight is 619 g/mol. The third-order valence-corrected chi connectivity index (χ3v) is 7.13. The van der Waals surface area contributed by atoms with Crippen LogP contribution in [0.3, 0.4) is 0 Å². The molecular weight excluding hydrogens is 594 g/mol. The predicted octanol–water partition coefficient (Wildman–Crippen LogP) is 4.76. The number of benzene rings is 2. The number of primary amides is 1. The van der Waals surface area contributed by atoms with Crippen molar-refractivity contribution in [2.75, 3.05) is 18.1 Å². The van der Waals surface area contributed by atoms with Crippen molar-refractivity contribution in [1.82, 2.24) is 5.32 Å². The molecular formula is C27H25ClF6N4O4. The van der Waals surface area contributed by atoms with Crippen LogP contribution in [0, 0.1) is 11.8 Å². The number of para-hydroxylation sites is 1. The van der Waals surface area contributed by atoms with Crippen molar-refractivity contribution in [1.29, 1.82) is 0 Å². The summed E-state index contributed by atoms with van der Waals surface area (Å²) in [7, 11) is 0. The molecule has 2 unspecified atom stereocenters. The fourth-order valence-electron chi connectivity index (χ4n) is 4.99. The zero-order valence-corrected chi connectivity index (χ0v) is 22.5. The minimum absolute atomic E-state index is 0.0422. The first kappa shape index (κ1) is 31.1. The third kappa shape index (κ3) is 7.33. The van der Waals surface area contributed by atoms with E-state index in [9.17, 15) is 40.7 Å². The van der Waals surface area contributed by atoms with E-state index in [2.05, 4.69) is 10.3 Å². The number of amides is 3. The van der Waals surface area contributed by atoms with Gasteiger partial charge in [-0.1, -0.05) is 35.9 Å². The maximum Gasteiger partial charge on any atom is 0.389 e. The van der Waals surface area contributed by atoms with Crippen LogP contribution in [0.2, 0.25) is 5.02 Å². The maximum atomic E-state index is 13.7. The van der Waals surface area contributed by atoms with E-state index in [1.165, 1.54) is 4.90 Å². The van der Waals surface area contributed by atoms with Crippen molar-refractivity contribution in [2.45, 2.75) is 44.2 Å². The van der Waals surface area contributed by atoms with E-state index >= 15 is 0 Å². The second-order valence-corrected chi connectivity index (χ2v) is 10.2. The van der Waals surface area contributed by atoms with Gasteiger partial charge in [-0.3, -0.25) is 14.4 Å². The molecule has 0 aliphatic carbocycles. The Hall–Kier alpha value is -3.81. The smallest absolute Gasteiger partial charge is 0.389 e. The minimum Gasteiger partial charge on any atom is -0.490 e. The van der Waals surface area contributed by atoms with Crippen molar-refractivity contribution < 1.29 is 45.5 Å². The molecule has 2 aromatic carbocycles. The maximum absolute atomic E-state index is 13.7. The van der Waals surface area contributed by atoms with Gasteiger partial charge in [0.1, 0.15) is 12.4 Å². The van der Waals surface area contributed by atoms with Gasteiger partial charge in [0.2, 0.25) is 18.0 Å². The van der Waals surface area contributed by atoms with Crippen LogP contribution in [0.5, 0.6) is 5.75 Å². The zero-order valence-electron chi connectivity index (χ0n) is 21.8. The Morgan fingerprint density at radius 1 is 1.05 bits per heavy atom. The largest absolute Gasteiger partial charge is 0.490 e. The second-order valence-electron chi connectivity index (χ2n) is 9.81. The van der Waals surface area contributed by atoms with Gasteiger partial charge in [0.05, 0.1) is 17.9 Å². The Labute approximate surface area is 240 Å². The van der Waals surface area contributed by atoms with Gasteiger partial charge in [-0.05, 0) is 31.0 Å². The number of halogens is 7. The molecule has 2 aliphatic rings. The number of alkyl halides is 6. The Balaban J connectivity index is 1.75. The highest BCUT2D eigenvalue weighted by atomic mass is 35.5. The van der Waals surface area contributed by atoms with Crippen LogP contribution in [-0.4, -0.2) is 55.1 Å². The summed E-state index contributed by atoms with van der Waals surface area (Å²) in [6.45, 7) is 0.130. The topological polar surface area (TPSA) is 114 Å². The summed E-state index contributed by atoms with van der Waals surface area (Å²) >= 11 is 6.18. The Morgan fingerprint density at radius 3 is 2.31 bits per heavy atom. The number of nitrogens with one attached hydrogen (secondary N) is 1. The molecule has 3 atom stereocenters. The highest BCUT2D eigenvalue weighted by Crippen LogP contribution is 2.39. The van der Waals surface area contributed by atoms with Crippen LogP contribution < -0.4 is 20.7 Å². The predicted molar refractivity (Wildman–Crippen MR) is 140 cm³/mol. The number of anilines is 1. The molecule has 0 spiro atoms. The molecule has 4 rings (SSSR count). The Bertz CT molecular complexity index is 1400. The molecule has 226 valence electrons. The van der Waals surface area contributed by atoms with Gasteiger partial charge in [-0.15, -0.1) is 0 Å². The molecule has 2 aromatic rings. The Kier molecular flexibility index (Phi) is 9.04. The van der Waals surface area contributed by atoms with Crippen molar-refractivity contribution in [3.8, 4) is 5.75 Å². The zero-order chi connectivity index (χ0) is 30.8. The van der Waals surface area contributed by atoms with Crippen LogP contribution in [-0.2, 0) is 14.4 Å². The number of rotatable bonds is 9. The van der Waals surface area contributed by atoms with Crippen molar-refractivity contribution >= 4 is 40.7 Å². The number of aliphatic imine (C=N–C) groups is 1. The summed E-state index contributed by atoms with van der Waals surface area (Å²) < 4.78 is 83.9. The van der Waals surface area contributed by atoms with E-state index in [0.717, 1.165) is 0 Å². The summed E-state index contributed by atoms with van der Waals surface area (Å²) in [6, 6.07) is 11.3. The van der Waals surface area contributed by atoms with Crippen LogP contribution >= 0.6 is 11.6 Å². The van der Waals surface area contributed by atoms with E-state index < -0.39 is 73.8 Å². The lowest BCUT2D eigenvalue weighted by Gasteiger charge is -2.31. The number of ether oxygens (including phenoxy) is 1. The monoisotopic (exact) mass is 618 g/mol. The van der Waals surface area contributed by atoms with Gasteiger partial charge in [-0.2, -0.15) is 26.3 Å². The van der Waals surface area contributed by atoms with Gasteiger partial charge in [0.25, 0.3) is 5.91 Å². The standard InChI is InChI=1S/C27H25ClF6N4O4/c28-15-4-1-3-14(13-15)20-18-5-2-6-19-21(18)38(11-12-42-19)25(41)23(36-20)37-24(40)17(8-10-27(32,33)34)16(22(35)39)7-9-26(29,30)31/h1-6,13,16-17,23H,7-12H2,(H2,35,39)(H,37,40)/t16?,17?,23-/m1/s1. The first-order valence-corrected chi connectivity index (χ1v) is 13.2. The number of nitrogens with two attached hydrogens (primary N) is 1. The Morgan fingerprint density at radius 2 is 1.69 bits per heavy atom. The van der Waals surface area contributed by atoms with Crippen molar-refractivity contribution in [3.63, 3.8) is 0 Å². The molecule has 2 aliphatic heterocycles. The van der Waals surface area contributed by atoms with E-state index in [0.29, 0.717) is 27.6 Å². The van der Waals surface area contributed by atoms with E-state index in [1.807, 2.05) is 0 Å². The molecule has 0 bridgehead atoms. The van der Waals surface area contributed by atoms with E-state index in [1.54, 1.807) is 42.5 Å². The molecule has 3 N–H and O–H groups in total. The molecule has 8 nitrogen and oxygen atoms in total. The molecule has 0 saturated carbocycles. The van der Waals surface area contributed by atoms with Gasteiger partial charge in [-0.25, -0.2) is 4.99 Å². The highest BCUT2D eigenvalue weighted by Gasteiger charge is 2.42. The van der Waals surface area contributed by atoms with Gasteiger partial charge >= 0.3 is 12.4 Å². The van der Waals surface area contributed by atoms with E-state index in [4.69, 9.17) is 22.1 Å². The molecule has 0 aromatic heterocycles. The molecule has 0 radical (unpaired) electrons. The van der Waals surface area contributed by atoms with Gasteiger partial charge in [0.15, 0.2) is 0 Å². The van der Waals surface area contributed by atoms with Crippen LogP contribution in [0.1, 0.15) is 36.8 Å². The molecule has 3 amide bonds. The lowest BCUT2D eigenvalue weighted by atomic mass is 9.83. The molecule has 0 fully saturated rings. The number of hydrogen-bond acceptors (Lipinski definition) is 5. The number of nitrogens with zero attached hydrogens (tertiary/aromatic N) is 2. The molecule has 2 heterocycles. The van der Waals surface area contributed by atoms with E-state index in [-0.39, 0.29) is 18.9 Å². The lowest BCUT2D eigenvalue weighted by molar-refractivity contribution is -0.152. The summed E-state index contributed by atoms with van der Waals surface area (Å²) in [5.74, 6) is -6.87. The summed E-state index contributed by atoms with van der Waals surface area (Å²) in [5.41, 5.74) is 6.68. The molecule has 0 saturated heterocycles. The quantitative estimate of drug-likeness (QED) is 0.395. The van der Waals surface area contributed by atoms with Gasteiger partial charge < -0.3 is 20.7 Å². The van der Waals surface area contributed by atoms with Crippen molar-refractivity contribution in [3.05, 3.63) is 58.6 Å². The number of hydrogen-bond donors (Lipinski definition) is 2. The minimum atomic E-state index is -4.79. The van der Waals surface area contributed by atoms with Crippen LogP contribution in [0.4, 0.5) is 32.0 Å². The second kappa shape index (κ2) is 12.2. The number of carbonyl (C=O) groups excluding carboxylic acids is 3. The SMILES string of the molecule is NC(=O)C(CCC(F)(F)F)C(CCC(F)(F)F)C(=O)N[C@H]1N=C(c2cccc(Cl)c2)c2cccc3c2N(CCO3)C1=O.